The van der Waals surface area contributed by atoms with Gasteiger partial charge in [0.25, 0.3) is 0 Å². The molecular weight excluding hydrogens is 456 g/mol. The Bertz CT molecular complexity index is 1330. The number of benzene rings is 4. The van der Waals surface area contributed by atoms with Crippen LogP contribution in [0, 0.1) is 0 Å². The molecule has 0 fully saturated rings. The molecule has 6 heteroatoms. The van der Waals surface area contributed by atoms with Crippen LogP contribution in [-0.4, -0.2) is 32.6 Å². The molecule has 0 saturated carbocycles. The van der Waals surface area contributed by atoms with E-state index in [1.807, 2.05) is 6.08 Å². The van der Waals surface area contributed by atoms with Crippen molar-refractivity contribution in [2.75, 3.05) is 7.11 Å². The van der Waals surface area contributed by atoms with Gasteiger partial charge in [-0.3, -0.25) is 0 Å². The van der Waals surface area contributed by atoms with Crippen LogP contribution < -0.4 is 4.74 Å². The van der Waals surface area contributed by atoms with E-state index in [2.05, 4.69) is 0 Å². The SMILES string of the molecule is COc1cc(O)ccc1CCC(c1ccc(O)cc1)c1c(O)cc(/C=C/c2ccc(O)cc2)cc1O. The van der Waals surface area contributed by atoms with Crippen LogP contribution in [0.2, 0.25) is 0 Å². The normalized spacial score (nSPS) is 12.0. The van der Waals surface area contributed by atoms with Crippen LogP contribution in [0.15, 0.2) is 78.9 Å². The van der Waals surface area contributed by atoms with Crippen molar-refractivity contribution in [3.8, 4) is 34.5 Å². The fourth-order valence-electron chi connectivity index (χ4n) is 4.30. The summed E-state index contributed by atoms with van der Waals surface area (Å²) < 4.78 is 5.41. The first-order chi connectivity index (χ1) is 17.3. The molecule has 36 heavy (non-hydrogen) atoms. The minimum absolute atomic E-state index is 0.0453. The third-order valence-corrected chi connectivity index (χ3v) is 6.14. The minimum Gasteiger partial charge on any atom is -0.508 e. The molecule has 6 nitrogen and oxygen atoms in total. The lowest BCUT2D eigenvalue weighted by molar-refractivity contribution is 0.401. The molecule has 1 unspecified atom stereocenters. The number of phenols is 5. The molecular formula is C30H28O6. The second kappa shape index (κ2) is 10.8. The standard InChI is InChI=1S/C30H28O6/c1-36-29-18-25(33)14-8-22(29)9-15-26(21-6-12-24(32)13-7-21)30-27(34)16-20(17-28(30)35)3-2-19-4-10-23(31)11-5-19/h2-8,10-14,16-18,26,31-35H,9,15H2,1H3/b3-2+. The van der Waals surface area contributed by atoms with E-state index in [4.69, 9.17) is 4.74 Å². The average molecular weight is 485 g/mol. The minimum atomic E-state index is -0.376. The zero-order valence-electron chi connectivity index (χ0n) is 19.8. The number of aryl methyl sites for hydroxylation is 1. The molecule has 0 radical (unpaired) electrons. The van der Waals surface area contributed by atoms with Gasteiger partial charge >= 0.3 is 0 Å². The fraction of sp³-hybridized carbons (Fsp3) is 0.133. The van der Waals surface area contributed by atoms with Crippen molar-refractivity contribution in [1.29, 1.82) is 0 Å². The third-order valence-electron chi connectivity index (χ3n) is 6.14. The number of ether oxygens (including phenoxy) is 1. The molecule has 4 aromatic rings. The van der Waals surface area contributed by atoms with Crippen LogP contribution in [0.25, 0.3) is 12.2 Å². The Labute approximate surface area is 209 Å². The first kappa shape index (κ1) is 24.5. The summed E-state index contributed by atoms with van der Waals surface area (Å²) in [5.41, 5.74) is 3.57. The van der Waals surface area contributed by atoms with Crippen LogP contribution in [-0.2, 0) is 6.42 Å². The zero-order valence-corrected chi connectivity index (χ0v) is 19.8. The van der Waals surface area contributed by atoms with Crippen molar-refractivity contribution in [3.05, 3.63) is 107 Å². The molecule has 0 aliphatic carbocycles. The summed E-state index contributed by atoms with van der Waals surface area (Å²) >= 11 is 0. The highest BCUT2D eigenvalue weighted by Gasteiger charge is 2.23. The average Bonchev–Trinajstić information content (AvgIpc) is 2.86. The third kappa shape index (κ3) is 5.73. The van der Waals surface area contributed by atoms with Gasteiger partial charge < -0.3 is 30.3 Å². The van der Waals surface area contributed by atoms with Crippen molar-refractivity contribution in [2.45, 2.75) is 18.8 Å². The van der Waals surface area contributed by atoms with E-state index in [0.717, 1.165) is 16.7 Å². The summed E-state index contributed by atoms with van der Waals surface area (Å²) in [6.07, 6.45) is 4.67. The largest absolute Gasteiger partial charge is 0.508 e. The highest BCUT2D eigenvalue weighted by molar-refractivity contribution is 5.72. The monoisotopic (exact) mass is 484 g/mol. The summed E-state index contributed by atoms with van der Waals surface area (Å²) in [7, 11) is 1.54. The molecule has 0 heterocycles. The van der Waals surface area contributed by atoms with E-state index in [0.29, 0.717) is 29.7 Å². The molecule has 0 spiro atoms. The number of aromatic hydroxyl groups is 5. The van der Waals surface area contributed by atoms with Gasteiger partial charge in [0, 0.05) is 17.5 Å². The Balaban J connectivity index is 1.67. The Kier molecular flexibility index (Phi) is 7.35. The molecule has 0 aliphatic heterocycles. The molecule has 0 aromatic heterocycles. The molecule has 1 atom stereocenters. The van der Waals surface area contributed by atoms with Gasteiger partial charge in [0.05, 0.1) is 7.11 Å². The molecule has 4 rings (SSSR count). The highest BCUT2D eigenvalue weighted by Crippen LogP contribution is 2.42. The van der Waals surface area contributed by atoms with Gasteiger partial charge in [-0.15, -0.1) is 0 Å². The quantitative estimate of drug-likeness (QED) is 0.192. The van der Waals surface area contributed by atoms with Crippen LogP contribution in [0.4, 0.5) is 0 Å². The first-order valence-corrected chi connectivity index (χ1v) is 11.5. The predicted octanol–water partition coefficient (Wildman–Crippen LogP) is 6.16. The first-order valence-electron chi connectivity index (χ1n) is 11.5. The van der Waals surface area contributed by atoms with Crippen molar-refractivity contribution in [2.24, 2.45) is 0 Å². The maximum absolute atomic E-state index is 11.0. The molecule has 0 amide bonds. The van der Waals surface area contributed by atoms with Crippen LogP contribution in [0.1, 0.15) is 40.2 Å². The second-order valence-electron chi connectivity index (χ2n) is 8.58. The molecule has 0 aliphatic rings. The molecule has 4 aromatic carbocycles. The lowest BCUT2D eigenvalue weighted by Crippen LogP contribution is -2.05. The lowest BCUT2D eigenvalue weighted by atomic mass is 9.84. The van der Waals surface area contributed by atoms with E-state index >= 15 is 0 Å². The van der Waals surface area contributed by atoms with Gasteiger partial charge in [0.1, 0.15) is 34.5 Å². The van der Waals surface area contributed by atoms with Crippen molar-refractivity contribution in [1.82, 2.24) is 0 Å². The Hall–Kier alpha value is -4.58. The van der Waals surface area contributed by atoms with Crippen LogP contribution >= 0.6 is 0 Å². The van der Waals surface area contributed by atoms with Crippen molar-refractivity contribution in [3.63, 3.8) is 0 Å². The second-order valence-corrected chi connectivity index (χ2v) is 8.58. The Morgan fingerprint density at radius 2 is 1.22 bits per heavy atom. The number of hydrogen-bond acceptors (Lipinski definition) is 6. The van der Waals surface area contributed by atoms with Gasteiger partial charge in [0.15, 0.2) is 0 Å². The molecule has 0 saturated heterocycles. The van der Waals surface area contributed by atoms with Gasteiger partial charge in [0.2, 0.25) is 0 Å². The maximum Gasteiger partial charge on any atom is 0.125 e. The number of phenolic OH excluding ortho intramolecular Hbond substituents is 5. The highest BCUT2D eigenvalue weighted by atomic mass is 16.5. The van der Waals surface area contributed by atoms with Crippen LogP contribution in [0.5, 0.6) is 34.5 Å². The van der Waals surface area contributed by atoms with E-state index in [9.17, 15) is 25.5 Å². The van der Waals surface area contributed by atoms with E-state index in [-0.39, 0.29) is 34.7 Å². The molecule has 184 valence electrons. The fourth-order valence-corrected chi connectivity index (χ4v) is 4.30. The summed E-state index contributed by atoms with van der Waals surface area (Å²) in [4.78, 5) is 0. The molecule has 0 bridgehead atoms. The number of rotatable bonds is 8. The van der Waals surface area contributed by atoms with E-state index in [1.54, 1.807) is 84.9 Å². The van der Waals surface area contributed by atoms with Gasteiger partial charge in [-0.05, 0) is 77.6 Å². The topological polar surface area (TPSA) is 110 Å². The van der Waals surface area contributed by atoms with Gasteiger partial charge in [-0.1, -0.05) is 42.5 Å². The molecule has 5 N–H and O–H groups in total. The lowest BCUT2D eigenvalue weighted by Gasteiger charge is -2.21. The summed E-state index contributed by atoms with van der Waals surface area (Å²) in [5, 5.41) is 51.0. The van der Waals surface area contributed by atoms with Crippen LogP contribution in [0.3, 0.4) is 0 Å². The summed E-state index contributed by atoms with van der Waals surface area (Å²) in [6, 6.07) is 21.5. The van der Waals surface area contributed by atoms with E-state index in [1.165, 1.54) is 7.11 Å². The Morgan fingerprint density at radius 1 is 0.667 bits per heavy atom. The predicted molar refractivity (Wildman–Crippen MR) is 140 cm³/mol. The number of methoxy groups -OCH3 is 1. The van der Waals surface area contributed by atoms with Crippen molar-refractivity contribution < 1.29 is 30.3 Å². The smallest absolute Gasteiger partial charge is 0.125 e. The van der Waals surface area contributed by atoms with Gasteiger partial charge in [-0.25, -0.2) is 0 Å². The summed E-state index contributed by atoms with van der Waals surface area (Å²) in [6.45, 7) is 0. The number of hydrogen-bond donors (Lipinski definition) is 5. The maximum atomic E-state index is 11.0. The van der Waals surface area contributed by atoms with Gasteiger partial charge in [-0.2, -0.15) is 0 Å². The summed E-state index contributed by atoms with van der Waals surface area (Å²) in [5.74, 6) is 0.504. The van der Waals surface area contributed by atoms with Crippen molar-refractivity contribution >= 4 is 12.2 Å². The van der Waals surface area contributed by atoms with E-state index < -0.39 is 0 Å². The Morgan fingerprint density at radius 3 is 1.83 bits per heavy atom. The zero-order chi connectivity index (χ0) is 25.7.